The number of carbonyl (C=O) groups excluding carboxylic acids is 1. The highest BCUT2D eigenvalue weighted by Gasteiger charge is 2.39. The van der Waals surface area contributed by atoms with E-state index in [-0.39, 0.29) is 17.2 Å². The van der Waals surface area contributed by atoms with Gasteiger partial charge in [-0.1, -0.05) is 0 Å². The van der Waals surface area contributed by atoms with Gasteiger partial charge in [-0.05, 0) is 42.8 Å². The number of rotatable bonds is 3. The zero-order valence-corrected chi connectivity index (χ0v) is 14.8. The SMILES string of the molecule is COc1ccc(-c2ccc([C@@H]3C(C#N)=C(N)OC4=C3C(=O)CCC4)o2)cc1. The lowest BCUT2D eigenvalue weighted by Gasteiger charge is -2.29. The largest absolute Gasteiger partial charge is 0.497 e. The molecule has 6 heteroatoms. The molecule has 1 atom stereocenters. The first-order valence-corrected chi connectivity index (χ1v) is 8.70. The minimum absolute atomic E-state index is 0.0242. The van der Waals surface area contributed by atoms with E-state index in [1.165, 1.54) is 0 Å². The van der Waals surface area contributed by atoms with Gasteiger partial charge in [-0.15, -0.1) is 0 Å². The predicted octanol–water partition coefficient (Wildman–Crippen LogP) is 3.77. The molecule has 6 nitrogen and oxygen atoms in total. The highest BCUT2D eigenvalue weighted by molar-refractivity contribution is 5.99. The Bertz CT molecular complexity index is 1010. The van der Waals surface area contributed by atoms with E-state index in [1.54, 1.807) is 13.2 Å². The quantitative estimate of drug-likeness (QED) is 0.892. The van der Waals surface area contributed by atoms with Crippen LogP contribution in [0.5, 0.6) is 5.75 Å². The van der Waals surface area contributed by atoms with Crippen LogP contribution < -0.4 is 10.5 Å². The number of furan rings is 1. The zero-order valence-electron chi connectivity index (χ0n) is 14.8. The molecule has 0 saturated heterocycles. The van der Waals surface area contributed by atoms with Crippen LogP contribution in [0.15, 0.2) is 63.6 Å². The van der Waals surface area contributed by atoms with Crippen molar-refractivity contribution < 1.29 is 18.7 Å². The van der Waals surface area contributed by atoms with Gasteiger partial charge in [0.15, 0.2) is 5.78 Å². The van der Waals surface area contributed by atoms with Crippen LogP contribution in [0.1, 0.15) is 30.9 Å². The number of nitrogens with two attached hydrogens (primary N) is 1. The molecule has 2 N–H and O–H groups in total. The fourth-order valence-electron chi connectivity index (χ4n) is 3.56. The number of hydrogen-bond acceptors (Lipinski definition) is 6. The van der Waals surface area contributed by atoms with Crippen LogP contribution >= 0.6 is 0 Å². The van der Waals surface area contributed by atoms with Gasteiger partial charge in [0.25, 0.3) is 0 Å². The third-order valence-electron chi connectivity index (χ3n) is 4.89. The van der Waals surface area contributed by atoms with E-state index in [4.69, 9.17) is 19.6 Å². The summed E-state index contributed by atoms with van der Waals surface area (Å²) in [5.41, 5.74) is 7.52. The van der Waals surface area contributed by atoms with Gasteiger partial charge in [-0.25, -0.2) is 0 Å². The van der Waals surface area contributed by atoms with Crippen molar-refractivity contribution in [2.45, 2.75) is 25.2 Å². The molecule has 0 bridgehead atoms. The van der Waals surface area contributed by atoms with E-state index in [1.807, 2.05) is 30.3 Å². The molecular formula is C21H18N2O4. The Morgan fingerprint density at radius 1 is 1.19 bits per heavy atom. The summed E-state index contributed by atoms with van der Waals surface area (Å²) in [5, 5.41) is 9.59. The molecule has 1 aliphatic carbocycles. The molecule has 4 rings (SSSR count). The summed E-state index contributed by atoms with van der Waals surface area (Å²) in [5.74, 6) is 1.84. The number of carbonyl (C=O) groups is 1. The first-order valence-electron chi connectivity index (χ1n) is 8.70. The van der Waals surface area contributed by atoms with Crippen molar-refractivity contribution in [3.8, 4) is 23.1 Å². The average molecular weight is 362 g/mol. The fraction of sp³-hybridized carbons (Fsp3) is 0.238. The molecule has 0 spiro atoms. The number of ketones is 1. The van der Waals surface area contributed by atoms with E-state index >= 15 is 0 Å². The molecule has 0 saturated carbocycles. The van der Waals surface area contributed by atoms with Crippen molar-refractivity contribution in [3.05, 3.63) is 64.9 Å². The molecule has 2 aromatic rings. The van der Waals surface area contributed by atoms with Crippen LogP contribution in [0.25, 0.3) is 11.3 Å². The Morgan fingerprint density at radius 2 is 1.96 bits per heavy atom. The predicted molar refractivity (Wildman–Crippen MR) is 97.2 cm³/mol. The second-order valence-electron chi connectivity index (χ2n) is 6.47. The van der Waals surface area contributed by atoms with E-state index in [0.29, 0.717) is 35.7 Å². The maximum absolute atomic E-state index is 12.6. The number of allylic oxidation sites excluding steroid dienone is 3. The summed E-state index contributed by atoms with van der Waals surface area (Å²) in [6.07, 6.45) is 1.78. The van der Waals surface area contributed by atoms with Gasteiger partial charge in [-0.2, -0.15) is 5.26 Å². The molecular weight excluding hydrogens is 344 g/mol. The molecule has 0 amide bonds. The van der Waals surface area contributed by atoms with Crippen molar-refractivity contribution >= 4 is 5.78 Å². The lowest BCUT2D eigenvalue weighted by atomic mass is 9.80. The lowest BCUT2D eigenvalue weighted by Crippen LogP contribution is -2.27. The minimum atomic E-state index is -0.626. The molecule has 2 heterocycles. The summed E-state index contributed by atoms with van der Waals surface area (Å²) in [4.78, 5) is 12.6. The summed E-state index contributed by atoms with van der Waals surface area (Å²) < 4.78 is 16.8. The highest BCUT2D eigenvalue weighted by atomic mass is 16.5. The van der Waals surface area contributed by atoms with Crippen LogP contribution in [0.3, 0.4) is 0 Å². The van der Waals surface area contributed by atoms with Crippen molar-refractivity contribution in [3.63, 3.8) is 0 Å². The van der Waals surface area contributed by atoms with Crippen LogP contribution in [0.4, 0.5) is 0 Å². The summed E-state index contributed by atoms with van der Waals surface area (Å²) in [6.45, 7) is 0. The van der Waals surface area contributed by atoms with Gasteiger partial charge >= 0.3 is 0 Å². The smallest absolute Gasteiger partial charge is 0.205 e. The molecule has 1 aromatic heterocycles. The van der Waals surface area contributed by atoms with Gasteiger partial charge < -0.3 is 19.6 Å². The van der Waals surface area contributed by atoms with E-state index < -0.39 is 5.92 Å². The topological polar surface area (TPSA) is 98.5 Å². The van der Waals surface area contributed by atoms with Crippen molar-refractivity contribution in [1.29, 1.82) is 5.26 Å². The standard InChI is InChI=1S/C21H18N2O4/c1-25-13-7-5-12(6-8-13)16-9-10-18(26-16)19-14(11-22)21(23)27-17-4-2-3-15(24)20(17)19/h5-10,19H,2-4,23H2,1H3/t19-/m0/s1. The summed E-state index contributed by atoms with van der Waals surface area (Å²) in [6, 6.07) is 13.2. The maximum Gasteiger partial charge on any atom is 0.205 e. The third kappa shape index (κ3) is 2.87. The molecule has 136 valence electrons. The molecule has 27 heavy (non-hydrogen) atoms. The first kappa shape index (κ1) is 17.0. The van der Waals surface area contributed by atoms with Gasteiger partial charge in [0.2, 0.25) is 5.88 Å². The van der Waals surface area contributed by atoms with Crippen LogP contribution in [0, 0.1) is 11.3 Å². The average Bonchev–Trinajstić information content (AvgIpc) is 3.17. The molecule has 0 radical (unpaired) electrons. The number of ether oxygens (including phenoxy) is 2. The van der Waals surface area contributed by atoms with E-state index in [0.717, 1.165) is 17.7 Å². The molecule has 2 aliphatic rings. The summed E-state index contributed by atoms with van der Waals surface area (Å²) in [7, 11) is 1.61. The van der Waals surface area contributed by atoms with Crippen LogP contribution in [0.2, 0.25) is 0 Å². The maximum atomic E-state index is 12.6. The second kappa shape index (κ2) is 6.69. The number of nitrogens with zero attached hydrogens (tertiary/aromatic N) is 1. The van der Waals surface area contributed by atoms with E-state index in [2.05, 4.69) is 6.07 Å². The zero-order chi connectivity index (χ0) is 19.0. The molecule has 1 aromatic carbocycles. The second-order valence-corrected chi connectivity index (χ2v) is 6.47. The van der Waals surface area contributed by atoms with Gasteiger partial charge in [0, 0.05) is 24.0 Å². The monoisotopic (exact) mass is 362 g/mol. The van der Waals surface area contributed by atoms with Gasteiger partial charge in [0.05, 0.1) is 13.0 Å². The number of benzene rings is 1. The number of Topliss-reactive ketones (excluding diaryl/α,β-unsaturated/α-hetero) is 1. The van der Waals surface area contributed by atoms with Gasteiger partial charge in [0.1, 0.15) is 34.7 Å². The molecule has 0 unspecified atom stereocenters. The number of nitriles is 1. The molecule has 1 aliphatic heterocycles. The lowest BCUT2D eigenvalue weighted by molar-refractivity contribution is -0.116. The Morgan fingerprint density at radius 3 is 2.67 bits per heavy atom. The van der Waals surface area contributed by atoms with Crippen LogP contribution in [-0.2, 0) is 9.53 Å². The van der Waals surface area contributed by atoms with E-state index in [9.17, 15) is 10.1 Å². The van der Waals surface area contributed by atoms with Crippen molar-refractivity contribution in [2.75, 3.05) is 7.11 Å². The van der Waals surface area contributed by atoms with Crippen molar-refractivity contribution in [1.82, 2.24) is 0 Å². The Hall–Kier alpha value is -3.46. The Labute approximate surface area is 156 Å². The number of hydrogen-bond donors (Lipinski definition) is 1. The first-order chi connectivity index (χ1) is 13.1. The van der Waals surface area contributed by atoms with Crippen molar-refractivity contribution in [2.24, 2.45) is 5.73 Å². The highest BCUT2D eigenvalue weighted by Crippen LogP contribution is 2.44. The van der Waals surface area contributed by atoms with Gasteiger partial charge in [-0.3, -0.25) is 4.79 Å². The fourth-order valence-corrected chi connectivity index (χ4v) is 3.56. The Balaban J connectivity index is 1.77. The third-order valence-corrected chi connectivity index (χ3v) is 4.89. The summed E-state index contributed by atoms with van der Waals surface area (Å²) >= 11 is 0. The number of methoxy groups -OCH3 is 1. The normalized spacial score (nSPS) is 19.4. The van der Waals surface area contributed by atoms with Crippen LogP contribution in [-0.4, -0.2) is 12.9 Å². The minimum Gasteiger partial charge on any atom is -0.497 e. The molecule has 0 fully saturated rings. The Kier molecular flexibility index (Phi) is 4.21.